The number of hydrogen-bond donors (Lipinski definition) is 1. The van der Waals surface area contributed by atoms with Gasteiger partial charge in [0.25, 0.3) is 0 Å². The molecule has 0 aliphatic rings. The van der Waals surface area contributed by atoms with Crippen LogP contribution in [0.1, 0.15) is 187 Å². The molecule has 0 aliphatic carbocycles. The fourth-order valence-corrected chi connectivity index (χ4v) is 6.44. The lowest BCUT2D eigenvalue weighted by molar-refractivity contribution is -0.870. The number of esters is 2. The molecule has 0 rings (SSSR count). The monoisotopic (exact) mass is 747 g/mol. The molecule has 0 radical (unpaired) electrons. The highest BCUT2D eigenvalue weighted by Crippen LogP contribution is 2.43. The maximum absolute atomic E-state index is 12.6. The highest BCUT2D eigenvalue weighted by molar-refractivity contribution is 7.47. The number of carbonyl (C=O) groups is 2. The summed E-state index contributed by atoms with van der Waals surface area (Å²) < 4.78 is 34.2. The molecule has 302 valence electrons. The summed E-state index contributed by atoms with van der Waals surface area (Å²) in [6.07, 6.45) is 33.9. The second-order valence-corrected chi connectivity index (χ2v) is 16.8. The van der Waals surface area contributed by atoms with Crippen molar-refractivity contribution in [2.75, 3.05) is 47.5 Å². The minimum absolute atomic E-state index is 0.0345. The van der Waals surface area contributed by atoms with Crippen LogP contribution in [0.3, 0.4) is 0 Å². The summed E-state index contributed by atoms with van der Waals surface area (Å²) in [4.78, 5) is 35.2. The minimum Gasteiger partial charge on any atom is -0.462 e. The third-order valence-electron chi connectivity index (χ3n) is 9.05. The number of allylic oxidation sites excluding steroid dienone is 2. The van der Waals surface area contributed by atoms with Crippen LogP contribution in [0.5, 0.6) is 0 Å². The zero-order valence-electron chi connectivity index (χ0n) is 33.9. The fourth-order valence-electron chi connectivity index (χ4n) is 5.70. The van der Waals surface area contributed by atoms with Gasteiger partial charge in [-0.25, -0.2) is 4.57 Å². The van der Waals surface area contributed by atoms with Gasteiger partial charge in [-0.3, -0.25) is 18.6 Å². The molecule has 0 spiro atoms. The van der Waals surface area contributed by atoms with Crippen LogP contribution in [0.25, 0.3) is 0 Å². The first-order chi connectivity index (χ1) is 24.5. The molecule has 0 aromatic carbocycles. The summed E-state index contributed by atoms with van der Waals surface area (Å²) in [5.41, 5.74) is 0. The lowest BCUT2D eigenvalue weighted by atomic mass is 10.0. The van der Waals surface area contributed by atoms with Crippen LogP contribution in [-0.4, -0.2) is 74.9 Å². The normalized spacial score (nSPS) is 13.8. The van der Waals surface area contributed by atoms with E-state index in [0.29, 0.717) is 23.9 Å². The van der Waals surface area contributed by atoms with Crippen molar-refractivity contribution in [1.82, 2.24) is 0 Å². The molecule has 0 amide bonds. The van der Waals surface area contributed by atoms with Crippen LogP contribution < -0.4 is 0 Å². The highest BCUT2D eigenvalue weighted by Gasteiger charge is 2.27. The third kappa shape index (κ3) is 38.3. The van der Waals surface area contributed by atoms with Gasteiger partial charge in [-0.2, -0.15) is 0 Å². The van der Waals surface area contributed by atoms with E-state index in [1.807, 2.05) is 21.1 Å². The van der Waals surface area contributed by atoms with Gasteiger partial charge in [0, 0.05) is 12.8 Å². The summed E-state index contributed by atoms with van der Waals surface area (Å²) >= 11 is 0. The van der Waals surface area contributed by atoms with E-state index in [-0.39, 0.29) is 25.6 Å². The van der Waals surface area contributed by atoms with Crippen LogP contribution >= 0.6 is 7.82 Å². The average molecular weight is 747 g/mol. The van der Waals surface area contributed by atoms with Gasteiger partial charge >= 0.3 is 19.8 Å². The molecule has 0 saturated heterocycles. The highest BCUT2D eigenvalue weighted by atomic mass is 31.2. The summed E-state index contributed by atoms with van der Waals surface area (Å²) in [6, 6.07) is 0. The third-order valence-corrected chi connectivity index (χ3v) is 10.0. The van der Waals surface area contributed by atoms with E-state index < -0.39 is 26.5 Å². The van der Waals surface area contributed by atoms with E-state index in [1.54, 1.807) is 0 Å². The molecular formula is C41H81NO8P+. The molecule has 0 aromatic rings. The Morgan fingerprint density at radius 1 is 0.588 bits per heavy atom. The van der Waals surface area contributed by atoms with Gasteiger partial charge in [-0.1, -0.05) is 154 Å². The molecule has 0 saturated carbocycles. The molecule has 51 heavy (non-hydrogen) atoms. The molecule has 0 aromatic heterocycles. The first kappa shape index (κ1) is 49.8. The first-order valence-corrected chi connectivity index (χ1v) is 22.4. The first-order valence-electron chi connectivity index (χ1n) is 20.9. The fraction of sp³-hybridized carbons (Fsp3) is 0.902. The summed E-state index contributed by atoms with van der Waals surface area (Å²) in [6.45, 7) is 4.40. The van der Waals surface area contributed by atoms with Gasteiger partial charge in [-0.15, -0.1) is 0 Å². The Morgan fingerprint density at radius 2 is 1.02 bits per heavy atom. The number of carbonyl (C=O) groups excluding carboxylic acids is 2. The van der Waals surface area contributed by atoms with Crippen LogP contribution in [0, 0.1) is 0 Å². The topological polar surface area (TPSA) is 108 Å². The molecule has 0 heterocycles. The molecule has 0 aliphatic heterocycles. The van der Waals surface area contributed by atoms with Crippen LogP contribution in [0.2, 0.25) is 0 Å². The van der Waals surface area contributed by atoms with Gasteiger partial charge in [0.2, 0.25) is 0 Å². The molecule has 10 heteroatoms. The van der Waals surface area contributed by atoms with Crippen molar-refractivity contribution in [2.24, 2.45) is 0 Å². The molecular weight excluding hydrogens is 665 g/mol. The Bertz CT molecular complexity index is 891. The van der Waals surface area contributed by atoms with Gasteiger partial charge < -0.3 is 18.9 Å². The lowest BCUT2D eigenvalue weighted by Crippen LogP contribution is -2.37. The van der Waals surface area contributed by atoms with Crippen molar-refractivity contribution in [1.29, 1.82) is 0 Å². The van der Waals surface area contributed by atoms with E-state index in [1.165, 1.54) is 122 Å². The maximum Gasteiger partial charge on any atom is 0.472 e. The van der Waals surface area contributed by atoms with Gasteiger partial charge in [0.15, 0.2) is 6.10 Å². The number of rotatable bonds is 38. The predicted octanol–water partition coefficient (Wildman–Crippen LogP) is 11.4. The zero-order chi connectivity index (χ0) is 37.9. The zero-order valence-corrected chi connectivity index (χ0v) is 34.7. The van der Waals surface area contributed by atoms with E-state index in [4.69, 9.17) is 18.5 Å². The maximum atomic E-state index is 12.6. The Kier molecular flexibility index (Phi) is 33.7. The van der Waals surface area contributed by atoms with Crippen molar-refractivity contribution < 1.29 is 42.1 Å². The summed E-state index contributed by atoms with van der Waals surface area (Å²) in [7, 11) is 1.48. The minimum atomic E-state index is -4.36. The number of likely N-dealkylation sites (N-methyl/N-ethyl adjacent to an activating group) is 1. The average Bonchev–Trinajstić information content (AvgIpc) is 3.07. The Hall–Kier alpha value is -1.25. The number of quaternary nitrogens is 1. The van der Waals surface area contributed by atoms with Crippen LogP contribution in [0.15, 0.2) is 12.2 Å². The number of nitrogens with zero attached hydrogens (tertiary/aromatic N) is 1. The molecule has 1 unspecified atom stereocenters. The second-order valence-electron chi connectivity index (χ2n) is 15.4. The van der Waals surface area contributed by atoms with Crippen LogP contribution in [-0.2, 0) is 32.7 Å². The predicted molar refractivity (Wildman–Crippen MR) is 211 cm³/mol. The molecule has 0 bridgehead atoms. The van der Waals surface area contributed by atoms with Crippen molar-refractivity contribution in [2.45, 2.75) is 193 Å². The second kappa shape index (κ2) is 34.5. The van der Waals surface area contributed by atoms with Crippen molar-refractivity contribution in [3.05, 3.63) is 12.2 Å². The standard InChI is InChI=1S/C41H80NO8P/c1-6-8-10-12-14-16-18-20-21-22-24-25-27-29-31-33-40(43)47-37-39(38-49-51(45,46)48-36-35-42(3,4)5)50-41(44)34-32-30-28-26-23-19-17-15-13-11-9-7-2/h12,14,39H,6-11,13,15-38H2,1-5H3/p+1/b14-12+/t39-/m1/s1. The number of phosphoric ester groups is 1. The summed E-state index contributed by atoms with van der Waals surface area (Å²) in [5, 5.41) is 0. The van der Waals surface area contributed by atoms with Gasteiger partial charge in [-0.05, 0) is 32.1 Å². The summed E-state index contributed by atoms with van der Waals surface area (Å²) in [5.74, 6) is -0.795. The number of hydrogen-bond acceptors (Lipinski definition) is 7. The molecule has 1 N–H and O–H groups in total. The van der Waals surface area contributed by atoms with Crippen molar-refractivity contribution in [3.63, 3.8) is 0 Å². The van der Waals surface area contributed by atoms with Crippen molar-refractivity contribution >= 4 is 19.8 Å². The largest absolute Gasteiger partial charge is 0.472 e. The van der Waals surface area contributed by atoms with E-state index in [2.05, 4.69) is 26.0 Å². The quantitative estimate of drug-likeness (QED) is 0.0219. The molecule has 2 atom stereocenters. The van der Waals surface area contributed by atoms with Gasteiger partial charge in [0.1, 0.15) is 19.8 Å². The van der Waals surface area contributed by atoms with E-state index >= 15 is 0 Å². The smallest absolute Gasteiger partial charge is 0.462 e. The molecule has 9 nitrogen and oxygen atoms in total. The Balaban J connectivity index is 4.36. The van der Waals surface area contributed by atoms with E-state index in [9.17, 15) is 19.0 Å². The molecule has 0 fully saturated rings. The number of unbranched alkanes of at least 4 members (excludes halogenated alkanes) is 22. The number of ether oxygens (including phenoxy) is 2. The van der Waals surface area contributed by atoms with Gasteiger partial charge in [0.05, 0.1) is 27.7 Å². The lowest BCUT2D eigenvalue weighted by Gasteiger charge is -2.24. The van der Waals surface area contributed by atoms with E-state index in [0.717, 1.165) is 32.1 Å². The Morgan fingerprint density at radius 3 is 1.51 bits per heavy atom. The van der Waals surface area contributed by atoms with Crippen molar-refractivity contribution in [3.8, 4) is 0 Å². The SMILES string of the molecule is CCCC/C=C/CCCCCCCCCCCC(=O)OC[C@H](COP(=O)(O)OCC[N+](C)(C)C)OC(=O)CCCCCCCCCCCCCC. The Labute approximate surface area is 314 Å². The number of phosphoric acid groups is 1. The van der Waals surface area contributed by atoms with Crippen LogP contribution in [0.4, 0.5) is 0 Å².